The smallest absolute Gasteiger partial charge is 0.270 e. The second-order valence-electron chi connectivity index (χ2n) is 5.86. The molecule has 5 nitrogen and oxygen atoms in total. The van der Waals surface area contributed by atoms with E-state index in [1.807, 2.05) is 63.2 Å². The van der Waals surface area contributed by atoms with Gasteiger partial charge in [0.1, 0.15) is 17.1 Å². The minimum absolute atomic E-state index is 0.103. The molecule has 0 saturated heterocycles. The molecular formula is C19H21N3O2. The predicted octanol–water partition coefficient (Wildman–Crippen LogP) is 3.97. The highest BCUT2D eigenvalue weighted by Gasteiger charge is 2.19. The number of benzene rings is 1. The molecule has 5 heteroatoms. The number of hydrogen-bond acceptors (Lipinski definition) is 3. The van der Waals surface area contributed by atoms with E-state index >= 15 is 0 Å². The summed E-state index contributed by atoms with van der Waals surface area (Å²) in [5, 5.41) is 7.58. The number of furan rings is 1. The van der Waals surface area contributed by atoms with Gasteiger partial charge in [0.25, 0.3) is 5.91 Å². The van der Waals surface area contributed by atoms with Gasteiger partial charge in [0, 0.05) is 12.1 Å². The zero-order valence-electron chi connectivity index (χ0n) is 14.1. The summed E-state index contributed by atoms with van der Waals surface area (Å²) >= 11 is 0. The summed E-state index contributed by atoms with van der Waals surface area (Å²) in [6, 6.07) is 15.2. The van der Waals surface area contributed by atoms with Gasteiger partial charge in [-0.1, -0.05) is 25.1 Å². The molecule has 0 unspecified atom stereocenters. The fraction of sp³-hybridized carbons (Fsp3) is 0.263. The van der Waals surface area contributed by atoms with Crippen LogP contribution >= 0.6 is 0 Å². The zero-order valence-corrected chi connectivity index (χ0v) is 14.1. The highest BCUT2D eigenvalue weighted by atomic mass is 16.3. The maximum atomic E-state index is 12.7. The molecular weight excluding hydrogens is 302 g/mol. The van der Waals surface area contributed by atoms with Crippen LogP contribution in [0.2, 0.25) is 0 Å². The van der Waals surface area contributed by atoms with Crippen LogP contribution in [0, 0.1) is 6.92 Å². The van der Waals surface area contributed by atoms with Crippen LogP contribution in [0.15, 0.2) is 52.9 Å². The molecule has 1 atom stereocenters. The van der Waals surface area contributed by atoms with Crippen LogP contribution in [0.3, 0.4) is 0 Å². The third-order valence-corrected chi connectivity index (χ3v) is 3.93. The van der Waals surface area contributed by atoms with Crippen LogP contribution in [0.25, 0.3) is 17.1 Å². The van der Waals surface area contributed by atoms with Gasteiger partial charge in [-0.3, -0.25) is 4.79 Å². The summed E-state index contributed by atoms with van der Waals surface area (Å²) < 4.78 is 7.31. The molecule has 124 valence electrons. The number of hydrogen-bond donors (Lipinski definition) is 1. The first-order valence-corrected chi connectivity index (χ1v) is 8.11. The molecule has 2 aromatic heterocycles. The van der Waals surface area contributed by atoms with Crippen LogP contribution in [0.5, 0.6) is 0 Å². The van der Waals surface area contributed by atoms with Crippen LogP contribution in [0.1, 0.15) is 36.5 Å². The van der Waals surface area contributed by atoms with E-state index in [0.717, 1.165) is 17.9 Å². The van der Waals surface area contributed by atoms with E-state index in [1.165, 1.54) is 0 Å². The Labute approximate surface area is 141 Å². The fourth-order valence-corrected chi connectivity index (χ4v) is 2.40. The van der Waals surface area contributed by atoms with Crippen molar-refractivity contribution in [3.63, 3.8) is 0 Å². The summed E-state index contributed by atoms with van der Waals surface area (Å²) in [6.07, 6.45) is 0.870. The summed E-state index contributed by atoms with van der Waals surface area (Å²) in [6.45, 7) is 5.91. The third kappa shape index (κ3) is 3.25. The minimum atomic E-state index is -0.143. The highest BCUT2D eigenvalue weighted by Crippen LogP contribution is 2.23. The predicted molar refractivity (Wildman–Crippen MR) is 93.2 cm³/mol. The number of aryl methyl sites for hydroxylation is 1. The Morgan fingerprint density at radius 2 is 2.00 bits per heavy atom. The van der Waals surface area contributed by atoms with Gasteiger partial charge in [-0.25, -0.2) is 4.68 Å². The lowest BCUT2D eigenvalue weighted by molar-refractivity contribution is 0.0931. The molecule has 1 aromatic carbocycles. The molecule has 0 saturated carbocycles. The molecule has 1 N–H and O–H groups in total. The summed E-state index contributed by atoms with van der Waals surface area (Å²) in [5.41, 5.74) is 1.97. The van der Waals surface area contributed by atoms with Crippen molar-refractivity contribution in [3.05, 3.63) is 60.0 Å². The van der Waals surface area contributed by atoms with E-state index < -0.39 is 0 Å². The van der Waals surface area contributed by atoms with E-state index in [-0.39, 0.29) is 11.9 Å². The number of rotatable bonds is 5. The van der Waals surface area contributed by atoms with Gasteiger partial charge in [0.15, 0.2) is 5.76 Å². The summed E-state index contributed by atoms with van der Waals surface area (Å²) in [4.78, 5) is 12.7. The van der Waals surface area contributed by atoms with Crippen molar-refractivity contribution in [3.8, 4) is 17.1 Å². The molecule has 2 heterocycles. The summed E-state index contributed by atoms with van der Waals surface area (Å²) in [7, 11) is 0. The van der Waals surface area contributed by atoms with Gasteiger partial charge in [-0.15, -0.1) is 0 Å². The van der Waals surface area contributed by atoms with Gasteiger partial charge >= 0.3 is 0 Å². The quantitative estimate of drug-likeness (QED) is 0.773. The van der Waals surface area contributed by atoms with Crippen molar-refractivity contribution < 1.29 is 9.21 Å². The summed E-state index contributed by atoms with van der Waals surface area (Å²) in [5.74, 6) is 1.32. The Kier molecular flexibility index (Phi) is 4.51. The Morgan fingerprint density at radius 3 is 2.62 bits per heavy atom. The Morgan fingerprint density at radius 1 is 1.25 bits per heavy atom. The second kappa shape index (κ2) is 6.74. The van der Waals surface area contributed by atoms with Gasteiger partial charge in [0.2, 0.25) is 0 Å². The molecule has 0 aliphatic heterocycles. The average molecular weight is 323 g/mol. The lowest BCUT2D eigenvalue weighted by Crippen LogP contribution is -2.33. The van der Waals surface area contributed by atoms with E-state index in [2.05, 4.69) is 10.4 Å². The van der Waals surface area contributed by atoms with Gasteiger partial charge in [-0.2, -0.15) is 5.10 Å². The normalized spacial score (nSPS) is 12.1. The number of carbonyl (C=O) groups is 1. The van der Waals surface area contributed by atoms with Crippen LogP contribution in [-0.2, 0) is 0 Å². The third-order valence-electron chi connectivity index (χ3n) is 3.93. The zero-order chi connectivity index (χ0) is 17.1. The van der Waals surface area contributed by atoms with Crippen molar-refractivity contribution >= 4 is 5.91 Å². The van der Waals surface area contributed by atoms with Gasteiger partial charge in [-0.05, 0) is 44.5 Å². The van der Waals surface area contributed by atoms with Crippen molar-refractivity contribution in [2.45, 2.75) is 33.2 Å². The number of aromatic nitrogens is 2. The van der Waals surface area contributed by atoms with Gasteiger partial charge in [0.05, 0.1) is 5.69 Å². The Hall–Kier alpha value is -2.82. The lowest BCUT2D eigenvalue weighted by Gasteiger charge is -2.12. The molecule has 0 fully saturated rings. The molecule has 3 rings (SSSR count). The van der Waals surface area contributed by atoms with E-state index in [9.17, 15) is 4.79 Å². The molecule has 24 heavy (non-hydrogen) atoms. The first kappa shape index (κ1) is 16.1. The number of nitrogens with zero attached hydrogens (tertiary/aromatic N) is 2. The topological polar surface area (TPSA) is 60.1 Å². The van der Waals surface area contributed by atoms with Crippen LogP contribution in [0.4, 0.5) is 0 Å². The second-order valence-corrected chi connectivity index (χ2v) is 5.86. The van der Waals surface area contributed by atoms with Crippen molar-refractivity contribution in [1.29, 1.82) is 0 Å². The van der Waals surface area contributed by atoms with Crippen LogP contribution < -0.4 is 5.32 Å². The van der Waals surface area contributed by atoms with Gasteiger partial charge < -0.3 is 9.73 Å². The fourth-order valence-electron chi connectivity index (χ4n) is 2.40. The van der Waals surface area contributed by atoms with Crippen LogP contribution in [-0.4, -0.2) is 21.7 Å². The molecule has 3 aromatic rings. The maximum Gasteiger partial charge on any atom is 0.270 e. The highest BCUT2D eigenvalue weighted by molar-refractivity contribution is 5.94. The first-order chi connectivity index (χ1) is 11.6. The van der Waals surface area contributed by atoms with Crippen molar-refractivity contribution in [2.24, 2.45) is 0 Å². The average Bonchev–Trinajstić information content (AvgIpc) is 3.21. The number of amides is 1. The molecule has 0 aliphatic carbocycles. The largest absolute Gasteiger partial charge is 0.460 e. The van der Waals surface area contributed by atoms with E-state index in [0.29, 0.717) is 17.1 Å². The number of carbonyl (C=O) groups excluding carboxylic acids is 1. The van der Waals surface area contributed by atoms with E-state index in [4.69, 9.17) is 4.42 Å². The first-order valence-electron chi connectivity index (χ1n) is 8.11. The monoisotopic (exact) mass is 323 g/mol. The molecule has 0 bridgehead atoms. The molecule has 0 spiro atoms. The Bertz CT molecular complexity index is 833. The Balaban J connectivity index is 2.05. The minimum Gasteiger partial charge on any atom is -0.460 e. The van der Waals surface area contributed by atoms with E-state index in [1.54, 1.807) is 10.7 Å². The molecule has 0 radical (unpaired) electrons. The SMILES string of the molecule is CC[C@@H](C)NC(=O)c1cc(-c2ccc(C)o2)nn1-c1ccccc1. The molecule has 1 amide bonds. The molecule has 0 aliphatic rings. The maximum absolute atomic E-state index is 12.7. The number of para-hydroxylation sites is 1. The van der Waals surface area contributed by atoms with Crippen molar-refractivity contribution in [2.75, 3.05) is 0 Å². The van der Waals surface area contributed by atoms with Crippen molar-refractivity contribution in [1.82, 2.24) is 15.1 Å². The lowest BCUT2D eigenvalue weighted by atomic mass is 10.2. The number of nitrogens with one attached hydrogen (secondary N) is 1. The standard InChI is InChI=1S/C19H21N3O2/c1-4-13(2)20-19(23)17-12-16(18-11-10-14(3)24-18)21-22(17)15-8-6-5-7-9-15/h5-13H,4H2,1-3H3,(H,20,23)/t13-/m1/s1.